The van der Waals surface area contributed by atoms with Gasteiger partial charge in [-0.1, -0.05) is 0 Å². The zero-order chi connectivity index (χ0) is 15.1. The minimum Gasteiger partial charge on any atom is -0.483 e. The number of fused-ring (bicyclic) bond motifs is 1. The summed E-state index contributed by atoms with van der Waals surface area (Å²) in [5.74, 6) is 0.0284. The number of amides is 1. The van der Waals surface area contributed by atoms with Crippen LogP contribution in [0.3, 0.4) is 0 Å². The van der Waals surface area contributed by atoms with Crippen LogP contribution in [0.25, 0.3) is 0 Å². The monoisotopic (exact) mass is 288 g/mol. The maximum atomic E-state index is 12.3. The predicted octanol–water partition coefficient (Wildman–Crippen LogP) is 1.41. The van der Waals surface area contributed by atoms with Crippen molar-refractivity contribution in [3.8, 4) is 5.75 Å². The predicted molar refractivity (Wildman–Crippen MR) is 75.0 cm³/mol. The van der Waals surface area contributed by atoms with Crippen molar-refractivity contribution in [3.63, 3.8) is 0 Å². The zero-order valence-corrected chi connectivity index (χ0v) is 12.1. The molecule has 1 amide bonds. The van der Waals surface area contributed by atoms with Crippen molar-refractivity contribution in [2.45, 2.75) is 26.3 Å². The van der Waals surface area contributed by atoms with Crippen molar-refractivity contribution in [1.82, 2.24) is 4.90 Å². The van der Waals surface area contributed by atoms with Gasteiger partial charge in [-0.2, -0.15) is 0 Å². The molecule has 2 fully saturated rings. The van der Waals surface area contributed by atoms with Crippen molar-refractivity contribution in [2.24, 2.45) is 11.8 Å². The summed E-state index contributed by atoms with van der Waals surface area (Å²) in [7, 11) is 0. The van der Waals surface area contributed by atoms with E-state index in [4.69, 9.17) is 4.74 Å². The minimum absolute atomic E-state index is 0.116. The Kier molecular flexibility index (Phi) is 3.35. The van der Waals surface area contributed by atoms with Gasteiger partial charge in [0.25, 0.3) is 5.91 Å². The standard InChI is InChI=1S/C16H18NO4/c1-9-4-3-5-10(2)15(9)21-8-13(18)17-7-11-6-12(11)14(17)16(19)20/h4-5,11-12,14H,6-8H2,1-2H3,(H,19,20)/t11-,12-,14+/m1/s1. The van der Waals surface area contributed by atoms with Gasteiger partial charge in [0, 0.05) is 6.54 Å². The molecule has 0 bridgehead atoms. The first-order valence-corrected chi connectivity index (χ1v) is 7.11. The second-order valence-corrected chi connectivity index (χ2v) is 5.93. The molecule has 2 aliphatic rings. The number of carbonyl (C=O) groups excluding carboxylic acids is 1. The van der Waals surface area contributed by atoms with Crippen LogP contribution in [0.5, 0.6) is 5.75 Å². The summed E-state index contributed by atoms with van der Waals surface area (Å²) in [5, 5.41) is 9.26. The number of benzene rings is 1. The number of carboxylic acids is 1. The Morgan fingerprint density at radius 2 is 2.05 bits per heavy atom. The summed E-state index contributed by atoms with van der Waals surface area (Å²) in [5.41, 5.74) is 1.84. The molecule has 1 radical (unpaired) electrons. The molecule has 0 spiro atoms. The second kappa shape index (κ2) is 5.06. The molecule has 1 aliphatic carbocycles. The summed E-state index contributed by atoms with van der Waals surface area (Å²) >= 11 is 0. The van der Waals surface area contributed by atoms with Crippen LogP contribution in [0.1, 0.15) is 17.5 Å². The van der Waals surface area contributed by atoms with Gasteiger partial charge in [0.05, 0.1) is 0 Å². The summed E-state index contributed by atoms with van der Waals surface area (Å²) < 4.78 is 5.62. The van der Waals surface area contributed by atoms with Gasteiger partial charge in [0.15, 0.2) is 6.61 Å². The van der Waals surface area contributed by atoms with Gasteiger partial charge in [0.2, 0.25) is 0 Å². The third-order valence-electron chi connectivity index (χ3n) is 4.38. The number of hydrogen-bond donors (Lipinski definition) is 1. The van der Waals surface area contributed by atoms with Gasteiger partial charge in [-0.3, -0.25) is 4.79 Å². The summed E-state index contributed by atoms with van der Waals surface area (Å²) in [6.45, 7) is 4.22. The Labute approximate surface area is 123 Å². The fourth-order valence-corrected chi connectivity index (χ4v) is 3.22. The molecule has 1 aromatic carbocycles. The van der Waals surface area contributed by atoms with Crippen LogP contribution < -0.4 is 4.74 Å². The molecule has 1 saturated heterocycles. The molecule has 21 heavy (non-hydrogen) atoms. The molecule has 5 nitrogen and oxygen atoms in total. The van der Waals surface area contributed by atoms with E-state index in [1.807, 2.05) is 13.8 Å². The van der Waals surface area contributed by atoms with Crippen LogP contribution in [0, 0.1) is 31.7 Å². The molecule has 1 N–H and O–H groups in total. The van der Waals surface area contributed by atoms with E-state index in [0.717, 1.165) is 17.5 Å². The lowest BCUT2D eigenvalue weighted by Crippen LogP contribution is -2.45. The normalized spacial score (nSPS) is 26.4. The highest BCUT2D eigenvalue weighted by molar-refractivity contribution is 5.86. The molecular weight excluding hydrogens is 270 g/mol. The number of rotatable bonds is 4. The Hall–Kier alpha value is -2.04. The molecule has 1 heterocycles. The van der Waals surface area contributed by atoms with E-state index in [0.29, 0.717) is 18.2 Å². The van der Waals surface area contributed by atoms with Gasteiger partial charge >= 0.3 is 5.97 Å². The number of carbonyl (C=O) groups is 2. The van der Waals surface area contributed by atoms with Crippen molar-refractivity contribution < 1.29 is 19.4 Å². The number of likely N-dealkylation sites (tertiary alicyclic amines) is 1. The third kappa shape index (κ3) is 2.48. The van der Waals surface area contributed by atoms with Crippen molar-refractivity contribution >= 4 is 11.9 Å². The first-order chi connectivity index (χ1) is 9.99. The van der Waals surface area contributed by atoms with Crippen LogP contribution in [-0.4, -0.2) is 41.1 Å². The van der Waals surface area contributed by atoms with Crippen molar-refractivity contribution in [1.29, 1.82) is 0 Å². The van der Waals surface area contributed by atoms with E-state index in [-0.39, 0.29) is 18.4 Å². The van der Waals surface area contributed by atoms with Crippen LogP contribution in [0.2, 0.25) is 0 Å². The van der Waals surface area contributed by atoms with Crippen LogP contribution in [0.15, 0.2) is 12.1 Å². The lowest BCUT2D eigenvalue weighted by molar-refractivity contribution is -0.150. The quantitative estimate of drug-likeness (QED) is 0.909. The Morgan fingerprint density at radius 3 is 2.67 bits per heavy atom. The average Bonchev–Trinajstić information content (AvgIpc) is 3.07. The molecule has 1 aromatic rings. The highest BCUT2D eigenvalue weighted by Crippen LogP contribution is 2.49. The number of piperidine rings is 1. The lowest BCUT2D eigenvalue weighted by Gasteiger charge is -2.24. The van der Waals surface area contributed by atoms with E-state index < -0.39 is 12.0 Å². The Bertz CT molecular complexity index is 578. The minimum atomic E-state index is -0.907. The van der Waals surface area contributed by atoms with Gasteiger partial charge in [-0.05, 0) is 61.4 Å². The molecule has 5 heteroatoms. The topological polar surface area (TPSA) is 66.8 Å². The fraction of sp³-hybridized carbons (Fsp3) is 0.500. The molecule has 0 aromatic heterocycles. The van der Waals surface area contributed by atoms with Crippen LogP contribution in [-0.2, 0) is 9.59 Å². The maximum absolute atomic E-state index is 12.3. The van der Waals surface area contributed by atoms with Gasteiger partial charge in [0.1, 0.15) is 11.8 Å². The van der Waals surface area contributed by atoms with Crippen molar-refractivity contribution in [3.05, 3.63) is 29.3 Å². The summed E-state index contributed by atoms with van der Waals surface area (Å²) in [4.78, 5) is 25.0. The lowest BCUT2D eigenvalue weighted by atomic mass is 10.1. The number of aryl methyl sites for hydroxylation is 2. The molecule has 3 rings (SSSR count). The highest BCUT2D eigenvalue weighted by Gasteiger charge is 2.57. The largest absolute Gasteiger partial charge is 0.483 e. The summed E-state index contributed by atoms with van der Waals surface area (Å²) in [6.07, 6.45) is 0.925. The molecule has 0 unspecified atom stereocenters. The molecule has 3 atom stereocenters. The van der Waals surface area contributed by atoms with E-state index in [2.05, 4.69) is 6.07 Å². The number of ether oxygens (including phenoxy) is 1. The SMILES string of the molecule is Cc1c[c]cc(C)c1OCC(=O)N1C[C@H]2C[C@H]2[C@H]1C(=O)O. The van der Waals surface area contributed by atoms with E-state index in [9.17, 15) is 14.7 Å². The molecular formula is C16H18NO4. The highest BCUT2D eigenvalue weighted by atomic mass is 16.5. The Morgan fingerprint density at radius 1 is 1.38 bits per heavy atom. The molecule has 1 aliphatic heterocycles. The maximum Gasteiger partial charge on any atom is 0.326 e. The van der Waals surface area contributed by atoms with E-state index in [1.165, 1.54) is 4.90 Å². The van der Waals surface area contributed by atoms with Crippen LogP contribution in [0.4, 0.5) is 0 Å². The van der Waals surface area contributed by atoms with E-state index >= 15 is 0 Å². The molecule has 1 saturated carbocycles. The second-order valence-electron chi connectivity index (χ2n) is 5.93. The van der Waals surface area contributed by atoms with Gasteiger partial charge in [-0.25, -0.2) is 4.79 Å². The van der Waals surface area contributed by atoms with Crippen LogP contribution >= 0.6 is 0 Å². The number of nitrogens with zero attached hydrogens (tertiary/aromatic N) is 1. The number of aliphatic carboxylic acids is 1. The Balaban J connectivity index is 1.66. The first-order valence-electron chi connectivity index (χ1n) is 7.11. The van der Waals surface area contributed by atoms with Crippen molar-refractivity contribution in [2.75, 3.05) is 13.2 Å². The average molecular weight is 288 g/mol. The summed E-state index contributed by atoms with van der Waals surface area (Å²) in [6, 6.07) is 5.93. The fourth-order valence-electron chi connectivity index (χ4n) is 3.22. The third-order valence-corrected chi connectivity index (χ3v) is 4.38. The number of carboxylic acid groups (broad SMARTS) is 1. The van der Waals surface area contributed by atoms with E-state index in [1.54, 1.807) is 12.1 Å². The molecule has 111 valence electrons. The number of hydrogen-bond acceptors (Lipinski definition) is 3. The van der Waals surface area contributed by atoms with Gasteiger partial charge in [-0.15, -0.1) is 0 Å². The first kappa shape index (κ1) is 13.9. The smallest absolute Gasteiger partial charge is 0.326 e. The zero-order valence-electron chi connectivity index (χ0n) is 12.1. The van der Waals surface area contributed by atoms with Gasteiger partial charge < -0.3 is 14.7 Å².